The lowest BCUT2D eigenvalue weighted by Gasteiger charge is -2.32. The van der Waals surface area contributed by atoms with Crippen molar-refractivity contribution in [3.8, 4) is 0 Å². The van der Waals surface area contributed by atoms with E-state index >= 15 is 0 Å². The van der Waals surface area contributed by atoms with E-state index in [-0.39, 0.29) is 0 Å². The van der Waals surface area contributed by atoms with Gasteiger partial charge >= 0.3 is 0 Å². The molecule has 66 valence electrons. The highest BCUT2D eigenvalue weighted by Crippen LogP contribution is 2.48. The van der Waals surface area contributed by atoms with E-state index in [0.29, 0.717) is 5.41 Å². The highest BCUT2D eigenvalue weighted by atomic mass is 79.9. The van der Waals surface area contributed by atoms with Crippen LogP contribution >= 0.6 is 15.9 Å². The van der Waals surface area contributed by atoms with Gasteiger partial charge in [-0.15, -0.1) is 0 Å². The molecule has 1 aliphatic carbocycles. The Kier molecular flexibility index (Phi) is 3.42. The third kappa shape index (κ3) is 1.63. The maximum Gasteiger partial charge on any atom is 0.00649 e. The third-order valence-electron chi connectivity index (χ3n) is 3.69. The van der Waals surface area contributed by atoms with Crippen LogP contribution in [0.15, 0.2) is 0 Å². The van der Waals surface area contributed by atoms with Crippen LogP contribution in [0.4, 0.5) is 0 Å². The van der Waals surface area contributed by atoms with Crippen molar-refractivity contribution in [2.45, 2.75) is 46.0 Å². The standard InChI is InChI=1S/C10H19Br/c1-3-10(4-2)7-5-6-9(10)8-11/h9H,3-8H2,1-2H3. The van der Waals surface area contributed by atoms with Crippen molar-refractivity contribution in [2.75, 3.05) is 5.33 Å². The molecule has 0 aliphatic heterocycles. The third-order valence-corrected chi connectivity index (χ3v) is 4.47. The SMILES string of the molecule is CCC1(CC)CCCC1CBr. The van der Waals surface area contributed by atoms with Crippen molar-refractivity contribution in [1.29, 1.82) is 0 Å². The van der Waals surface area contributed by atoms with Crippen molar-refractivity contribution in [3.63, 3.8) is 0 Å². The van der Waals surface area contributed by atoms with Gasteiger partial charge in [0.1, 0.15) is 0 Å². The number of hydrogen-bond donors (Lipinski definition) is 0. The first-order valence-electron chi connectivity index (χ1n) is 4.85. The van der Waals surface area contributed by atoms with E-state index in [1.807, 2.05) is 0 Å². The van der Waals surface area contributed by atoms with Crippen LogP contribution < -0.4 is 0 Å². The summed E-state index contributed by atoms with van der Waals surface area (Å²) in [6, 6.07) is 0. The minimum absolute atomic E-state index is 0.698. The second-order valence-corrected chi connectivity index (χ2v) is 4.46. The Labute approximate surface area is 78.9 Å². The molecule has 0 spiro atoms. The molecule has 0 N–H and O–H groups in total. The van der Waals surface area contributed by atoms with Crippen LogP contribution in [0.2, 0.25) is 0 Å². The van der Waals surface area contributed by atoms with Gasteiger partial charge in [0.15, 0.2) is 0 Å². The van der Waals surface area contributed by atoms with Gasteiger partial charge in [0.05, 0.1) is 0 Å². The Morgan fingerprint density at radius 2 is 2.00 bits per heavy atom. The molecule has 1 heteroatoms. The van der Waals surface area contributed by atoms with E-state index in [0.717, 1.165) is 5.92 Å². The Hall–Kier alpha value is 0.480. The van der Waals surface area contributed by atoms with Crippen LogP contribution in [0.5, 0.6) is 0 Å². The van der Waals surface area contributed by atoms with Crippen LogP contribution in [-0.4, -0.2) is 5.33 Å². The minimum Gasteiger partial charge on any atom is -0.0925 e. The molecule has 0 nitrogen and oxygen atoms in total. The Morgan fingerprint density at radius 1 is 1.36 bits per heavy atom. The Balaban J connectivity index is 2.63. The summed E-state index contributed by atoms with van der Waals surface area (Å²) < 4.78 is 0. The van der Waals surface area contributed by atoms with Crippen molar-refractivity contribution < 1.29 is 0 Å². The number of hydrogen-bond acceptors (Lipinski definition) is 0. The van der Waals surface area contributed by atoms with E-state index in [4.69, 9.17) is 0 Å². The van der Waals surface area contributed by atoms with E-state index in [1.165, 1.54) is 37.4 Å². The summed E-state index contributed by atoms with van der Waals surface area (Å²) in [7, 11) is 0. The fraction of sp³-hybridized carbons (Fsp3) is 1.00. The van der Waals surface area contributed by atoms with Gasteiger partial charge in [-0.05, 0) is 24.2 Å². The summed E-state index contributed by atoms with van der Waals surface area (Å²) >= 11 is 3.63. The lowest BCUT2D eigenvalue weighted by molar-refractivity contribution is 0.200. The first-order chi connectivity index (χ1) is 5.29. The molecule has 0 heterocycles. The summed E-state index contributed by atoms with van der Waals surface area (Å²) in [6.45, 7) is 4.70. The topological polar surface area (TPSA) is 0 Å². The largest absolute Gasteiger partial charge is 0.0925 e. The zero-order chi connectivity index (χ0) is 8.32. The van der Waals surface area contributed by atoms with Gasteiger partial charge in [0, 0.05) is 5.33 Å². The van der Waals surface area contributed by atoms with Crippen LogP contribution in [0.1, 0.15) is 46.0 Å². The van der Waals surface area contributed by atoms with Crippen molar-refractivity contribution in [1.82, 2.24) is 0 Å². The van der Waals surface area contributed by atoms with E-state index in [9.17, 15) is 0 Å². The maximum absolute atomic E-state index is 3.63. The van der Waals surface area contributed by atoms with Gasteiger partial charge in [0.2, 0.25) is 0 Å². The lowest BCUT2D eigenvalue weighted by atomic mass is 9.74. The molecule has 1 aliphatic rings. The molecular formula is C10H19Br. The smallest absolute Gasteiger partial charge is 0.00649 e. The second kappa shape index (κ2) is 3.93. The fourth-order valence-electron chi connectivity index (χ4n) is 2.63. The highest BCUT2D eigenvalue weighted by Gasteiger charge is 2.38. The van der Waals surface area contributed by atoms with Crippen LogP contribution in [-0.2, 0) is 0 Å². The summed E-state index contributed by atoms with van der Waals surface area (Å²) in [5.74, 6) is 0.956. The highest BCUT2D eigenvalue weighted by molar-refractivity contribution is 9.09. The molecule has 0 aromatic heterocycles. The Bertz CT molecular complexity index is 116. The minimum atomic E-state index is 0.698. The van der Waals surface area contributed by atoms with Crippen molar-refractivity contribution in [2.24, 2.45) is 11.3 Å². The van der Waals surface area contributed by atoms with Crippen LogP contribution in [0.3, 0.4) is 0 Å². The normalized spacial score (nSPS) is 29.2. The molecule has 1 atom stereocenters. The molecule has 11 heavy (non-hydrogen) atoms. The van der Waals surface area contributed by atoms with Crippen LogP contribution in [0, 0.1) is 11.3 Å². The molecule has 0 aromatic rings. The average molecular weight is 219 g/mol. The van der Waals surface area contributed by atoms with Crippen molar-refractivity contribution in [3.05, 3.63) is 0 Å². The molecule has 0 radical (unpaired) electrons. The lowest BCUT2D eigenvalue weighted by Crippen LogP contribution is -2.24. The summed E-state index contributed by atoms with van der Waals surface area (Å²) in [6.07, 6.45) is 7.13. The molecule has 1 saturated carbocycles. The molecule has 0 amide bonds. The fourth-order valence-corrected chi connectivity index (χ4v) is 3.64. The maximum atomic E-state index is 3.63. The zero-order valence-electron chi connectivity index (χ0n) is 7.70. The van der Waals surface area contributed by atoms with E-state index in [1.54, 1.807) is 0 Å². The molecule has 0 bridgehead atoms. The van der Waals surface area contributed by atoms with Gasteiger partial charge in [-0.3, -0.25) is 0 Å². The number of halogens is 1. The number of rotatable bonds is 3. The predicted molar refractivity (Wildman–Crippen MR) is 54.2 cm³/mol. The first kappa shape index (κ1) is 9.57. The van der Waals surface area contributed by atoms with E-state index in [2.05, 4.69) is 29.8 Å². The summed E-state index contributed by atoms with van der Waals surface area (Å²) in [5, 5.41) is 1.22. The van der Waals surface area contributed by atoms with E-state index < -0.39 is 0 Å². The first-order valence-corrected chi connectivity index (χ1v) is 5.97. The average Bonchev–Trinajstić information content (AvgIpc) is 2.47. The van der Waals surface area contributed by atoms with Gasteiger partial charge in [0.25, 0.3) is 0 Å². The van der Waals surface area contributed by atoms with Gasteiger partial charge in [-0.2, -0.15) is 0 Å². The Morgan fingerprint density at radius 3 is 2.36 bits per heavy atom. The molecule has 1 fully saturated rings. The summed E-state index contributed by atoms with van der Waals surface area (Å²) in [5.41, 5.74) is 0.698. The number of alkyl halides is 1. The zero-order valence-corrected chi connectivity index (χ0v) is 9.28. The molecular weight excluding hydrogens is 200 g/mol. The second-order valence-electron chi connectivity index (χ2n) is 3.81. The van der Waals surface area contributed by atoms with Crippen LogP contribution in [0.25, 0.3) is 0 Å². The monoisotopic (exact) mass is 218 g/mol. The molecule has 1 unspecified atom stereocenters. The van der Waals surface area contributed by atoms with Gasteiger partial charge in [-0.25, -0.2) is 0 Å². The van der Waals surface area contributed by atoms with Gasteiger partial charge < -0.3 is 0 Å². The van der Waals surface area contributed by atoms with Crippen molar-refractivity contribution >= 4 is 15.9 Å². The predicted octanol–water partition coefficient (Wildman–Crippen LogP) is 3.99. The quantitative estimate of drug-likeness (QED) is 0.629. The summed E-state index contributed by atoms with van der Waals surface area (Å²) in [4.78, 5) is 0. The molecule has 1 rings (SSSR count). The molecule has 0 saturated heterocycles. The van der Waals surface area contributed by atoms with Gasteiger partial charge in [-0.1, -0.05) is 49.0 Å². The molecule has 0 aromatic carbocycles.